The SMILES string of the molecule is NC(C(=O)O)c1cc2ccc1-c1ccc(cc1)-c1ccc(cc1)-c1ccc(cc1)-c1ccc(cc1)-c1ccc(cc1)-c1ccc(cc1)-c1ccc(cc1)-c1ccc(cc1)-c1ccc(cc1)-c1ccc(cc1)-c1ccc-2cc1. The molecule has 1 unspecified atom stereocenters. The van der Waals surface area contributed by atoms with Crippen LogP contribution < -0.4 is 5.73 Å². The van der Waals surface area contributed by atoms with Crippen molar-refractivity contribution in [2.45, 2.75) is 6.04 Å². The van der Waals surface area contributed by atoms with Crippen molar-refractivity contribution >= 4 is 5.97 Å². The fraction of sp³-hybridized carbons (Fsp3) is 0.0135. The predicted molar refractivity (Wildman–Crippen MR) is 320 cm³/mol. The molecule has 0 saturated carbocycles. The van der Waals surface area contributed by atoms with E-state index >= 15 is 0 Å². The van der Waals surface area contributed by atoms with E-state index in [9.17, 15) is 9.90 Å². The van der Waals surface area contributed by atoms with Crippen LogP contribution in [0.1, 0.15) is 11.6 Å². The number of hydrogen-bond acceptors (Lipinski definition) is 2. The van der Waals surface area contributed by atoms with Gasteiger partial charge in [0.15, 0.2) is 0 Å². The Morgan fingerprint density at radius 1 is 0.221 bits per heavy atom. The second-order valence-corrected chi connectivity index (χ2v) is 20.0. The number of carboxylic acids is 1. The predicted octanol–water partition coefficient (Wildman–Crippen LogP) is 19.1. The lowest BCUT2D eigenvalue weighted by molar-refractivity contribution is -0.138. The van der Waals surface area contributed by atoms with Gasteiger partial charge in [-0.1, -0.05) is 279 Å². The van der Waals surface area contributed by atoms with Crippen molar-refractivity contribution in [3.05, 3.63) is 291 Å². The van der Waals surface area contributed by atoms with Gasteiger partial charge in [-0.15, -0.1) is 0 Å². The molecule has 0 heterocycles. The summed E-state index contributed by atoms with van der Waals surface area (Å²) in [5.74, 6) is -1.07. The third kappa shape index (κ3) is 9.49. The average Bonchev–Trinajstić information content (AvgIpc) is 3.52. The van der Waals surface area contributed by atoms with Crippen molar-refractivity contribution < 1.29 is 9.90 Å². The second-order valence-electron chi connectivity index (χ2n) is 20.0. The zero-order valence-electron chi connectivity index (χ0n) is 42.1. The number of carbonyl (C=O) groups is 1. The van der Waals surface area contributed by atoms with Gasteiger partial charge in [-0.25, -0.2) is 0 Å². The molecule has 0 aliphatic heterocycles. The lowest BCUT2D eigenvalue weighted by atomic mass is 9.90. The highest BCUT2D eigenvalue weighted by molar-refractivity contribution is 5.85. The lowest BCUT2D eigenvalue weighted by Crippen LogP contribution is -2.21. The molecule has 46 rings (SSSR count). The monoisotopic (exact) mass is 985 g/mol. The summed E-state index contributed by atoms with van der Waals surface area (Å²) < 4.78 is 0. The van der Waals surface area contributed by atoms with Gasteiger partial charge in [-0.3, -0.25) is 4.79 Å². The maximum absolute atomic E-state index is 12.4. The van der Waals surface area contributed by atoms with Crippen molar-refractivity contribution in [3.8, 4) is 134 Å². The molecule has 3 nitrogen and oxygen atoms in total. The van der Waals surface area contributed by atoms with E-state index in [4.69, 9.17) is 5.73 Å². The normalized spacial score (nSPS) is 11.8. The Bertz CT molecular complexity index is 4050. The van der Waals surface area contributed by atoms with Crippen molar-refractivity contribution in [2.24, 2.45) is 5.73 Å². The molecule has 0 amide bonds. The summed E-state index contributed by atoms with van der Waals surface area (Å²) in [7, 11) is 0. The summed E-state index contributed by atoms with van der Waals surface area (Å²) in [5, 5.41) is 10.1. The maximum atomic E-state index is 12.4. The standard InChI is InChI=1S/C74H51NO2/c75-73(74(76)77)72-47-70-45-46-71(72)69-43-41-67(42-44-69)65-35-33-63(34-36-65)61-27-25-59(26-28-61)57-19-17-55(18-20-57)53-11-9-51(10-12-53)49-3-1-48(2-4-49)50-5-7-52(8-6-50)54-13-15-56(16-14-54)58-21-23-60(24-22-58)62-29-31-64(32-30-62)66-37-39-68(70)40-38-66/h1-47,73H,75H2,(H,76,77). The number of nitrogens with two attached hydrogens (primary N) is 1. The Balaban J connectivity index is 0.799. The highest BCUT2D eigenvalue weighted by Crippen LogP contribution is 2.37. The summed E-state index contributed by atoms with van der Waals surface area (Å²) in [4.78, 5) is 12.4. The molecular formula is C74H51NO2. The number of carboxylic acid groups (broad SMARTS) is 1. The van der Waals surface area contributed by atoms with Gasteiger partial charge in [0.25, 0.3) is 0 Å². The van der Waals surface area contributed by atoms with E-state index in [0.29, 0.717) is 5.56 Å². The van der Waals surface area contributed by atoms with Crippen LogP contribution in [0.3, 0.4) is 0 Å². The van der Waals surface area contributed by atoms with Crippen LogP contribution in [0.4, 0.5) is 0 Å². The fourth-order valence-corrected chi connectivity index (χ4v) is 10.8. The van der Waals surface area contributed by atoms with Gasteiger partial charge in [0.1, 0.15) is 6.04 Å². The topological polar surface area (TPSA) is 63.3 Å². The van der Waals surface area contributed by atoms with Gasteiger partial charge >= 0.3 is 5.97 Å². The first-order valence-electron chi connectivity index (χ1n) is 26.1. The first-order chi connectivity index (χ1) is 37.8. The summed E-state index contributed by atoms with van der Waals surface area (Å²) in [6.07, 6.45) is 0. The van der Waals surface area contributed by atoms with Crippen molar-refractivity contribution in [3.63, 3.8) is 0 Å². The molecule has 3 heteroatoms. The number of rotatable bonds is 2. The van der Waals surface area contributed by atoms with E-state index in [1.54, 1.807) is 0 Å². The minimum atomic E-state index is -1.19. The quantitative estimate of drug-likeness (QED) is 0.181. The van der Waals surface area contributed by atoms with Gasteiger partial charge in [0, 0.05) is 0 Å². The van der Waals surface area contributed by atoms with E-state index in [0.717, 1.165) is 66.8 Å². The molecule has 12 aromatic rings. The van der Waals surface area contributed by atoms with Gasteiger partial charge in [-0.2, -0.15) is 0 Å². The molecule has 0 radical (unpaired) electrons. The molecule has 24 bridgehead atoms. The maximum Gasteiger partial charge on any atom is 0.325 e. The van der Waals surface area contributed by atoms with E-state index in [-0.39, 0.29) is 0 Å². The van der Waals surface area contributed by atoms with Gasteiger partial charge in [-0.05, 0) is 145 Å². The molecule has 34 aliphatic carbocycles. The van der Waals surface area contributed by atoms with E-state index in [1.165, 1.54) is 66.8 Å². The van der Waals surface area contributed by atoms with Crippen LogP contribution in [-0.2, 0) is 4.79 Å². The number of hydrogen-bond donors (Lipinski definition) is 2. The molecule has 0 fully saturated rings. The number of aliphatic carboxylic acids is 1. The van der Waals surface area contributed by atoms with E-state index in [2.05, 4.69) is 255 Å². The van der Waals surface area contributed by atoms with Crippen molar-refractivity contribution in [1.29, 1.82) is 0 Å². The summed E-state index contributed by atoms with van der Waals surface area (Å²) in [5.41, 5.74) is 33.7. The van der Waals surface area contributed by atoms with Crippen LogP contribution in [0.15, 0.2) is 285 Å². The Kier molecular flexibility index (Phi) is 12.2. The van der Waals surface area contributed by atoms with Crippen molar-refractivity contribution in [1.82, 2.24) is 0 Å². The van der Waals surface area contributed by atoms with Crippen LogP contribution in [-0.4, -0.2) is 11.1 Å². The molecule has 1 atom stereocenters. The molecule has 0 saturated heterocycles. The molecule has 12 aromatic carbocycles. The Hall–Kier alpha value is -9.93. The molecule has 34 aliphatic rings. The molecular weight excluding hydrogens is 935 g/mol. The summed E-state index contributed by atoms with van der Waals surface area (Å²) >= 11 is 0. The van der Waals surface area contributed by atoms with Crippen LogP contribution >= 0.6 is 0 Å². The van der Waals surface area contributed by atoms with Gasteiger partial charge in [0.2, 0.25) is 0 Å². The van der Waals surface area contributed by atoms with Crippen LogP contribution in [0.2, 0.25) is 0 Å². The zero-order valence-corrected chi connectivity index (χ0v) is 42.1. The first kappa shape index (κ1) is 46.8. The number of benzene rings is 12. The average molecular weight is 986 g/mol. The highest BCUT2D eigenvalue weighted by atomic mass is 16.4. The third-order valence-electron chi connectivity index (χ3n) is 15.4. The van der Waals surface area contributed by atoms with Gasteiger partial charge in [0.05, 0.1) is 0 Å². The zero-order chi connectivity index (χ0) is 51.8. The molecule has 0 spiro atoms. The van der Waals surface area contributed by atoms with E-state index < -0.39 is 12.0 Å². The Morgan fingerprint density at radius 3 is 0.506 bits per heavy atom. The second kappa shape index (κ2) is 20.1. The minimum Gasteiger partial charge on any atom is -0.480 e. The van der Waals surface area contributed by atoms with E-state index in [1.807, 2.05) is 30.3 Å². The van der Waals surface area contributed by atoms with Crippen LogP contribution in [0, 0.1) is 0 Å². The largest absolute Gasteiger partial charge is 0.480 e. The Labute approximate surface area is 449 Å². The first-order valence-corrected chi connectivity index (χ1v) is 26.1. The highest BCUT2D eigenvalue weighted by Gasteiger charge is 2.20. The summed E-state index contributed by atoms with van der Waals surface area (Å²) in [6.45, 7) is 0. The molecule has 3 N–H and O–H groups in total. The molecule has 0 aromatic heterocycles. The van der Waals surface area contributed by atoms with Crippen molar-refractivity contribution in [2.75, 3.05) is 0 Å². The van der Waals surface area contributed by atoms with Crippen LogP contribution in [0.5, 0.6) is 0 Å². The minimum absolute atomic E-state index is 0.565. The molecule has 77 heavy (non-hydrogen) atoms. The van der Waals surface area contributed by atoms with Crippen LogP contribution in [0.25, 0.3) is 134 Å². The Morgan fingerprint density at radius 2 is 0.351 bits per heavy atom. The fourth-order valence-electron chi connectivity index (χ4n) is 10.8. The third-order valence-corrected chi connectivity index (χ3v) is 15.4. The van der Waals surface area contributed by atoms with Gasteiger partial charge < -0.3 is 10.8 Å². The lowest BCUT2D eigenvalue weighted by Gasteiger charge is -2.16. The molecule has 364 valence electrons. The smallest absolute Gasteiger partial charge is 0.325 e. The summed E-state index contributed by atoms with van der Waals surface area (Å²) in [6, 6.07) is 101.